The lowest BCUT2D eigenvalue weighted by Crippen LogP contribution is -2.30. The van der Waals surface area contributed by atoms with Crippen molar-refractivity contribution in [3.05, 3.63) is 18.0 Å². The second-order valence-corrected chi connectivity index (χ2v) is 5.56. The average molecular weight is 265 g/mol. The van der Waals surface area contributed by atoms with Crippen LogP contribution in [-0.4, -0.2) is 36.6 Å². The van der Waals surface area contributed by atoms with Gasteiger partial charge in [-0.3, -0.25) is 4.68 Å². The molecule has 1 aromatic rings. The van der Waals surface area contributed by atoms with Crippen LogP contribution in [0.25, 0.3) is 0 Å². The van der Waals surface area contributed by atoms with Crippen LogP contribution in [0, 0.1) is 0 Å². The van der Waals surface area contributed by atoms with Crippen molar-refractivity contribution in [2.45, 2.75) is 57.0 Å². The molecule has 19 heavy (non-hydrogen) atoms. The smallest absolute Gasteiger partial charge is 0.0625 e. The van der Waals surface area contributed by atoms with Crippen molar-refractivity contribution in [2.24, 2.45) is 0 Å². The van der Waals surface area contributed by atoms with Gasteiger partial charge in [-0.15, -0.1) is 0 Å². The van der Waals surface area contributed by atoms with Crippen LogP contribution in [-0.2, 0) is 11.2 Å². The van der Waals surface area contributed by atoms with Crippen molar-refractivity contribution >= 4 is 0 Å². The molecule has 0 aliphatic heterocycles. The first-order valence-electron chi connectivity index (χ1n) is 7.53. The average Bonchev–Trinajstić information content (AvgIpc) is 2.93. The number of aryl methyl sites for hydroxylation is 1. The normalized spacial score (nSPS) is 18.6. The second kappa shape index (κ2) is 7.65. The first kappa shape index (κ1) is 14.5. The molecule has 4 heteroatoms. The molecule has 1 unspecified atom stereocenters. The summed E-state index contributed by atoms with van der Waals surface area (Å²) in [4.78, 5) is 0. The van der Waals surface area contributed by atoms with Gasteiger partial charge >= 0.3 is 0 Å². The van der Waals surface area contributed by atoms with Gasteiger partial charge in [0.05, 0.1) is 18.3 Å². The third-order valence-electron chi connectivity index (χ3n) is 4.14. The van der Waals surface area contributed by atoms with Gasteiger partial charge in [0.1, 0.15) is 0 Å². The number of aromatic nitrogens is 2. The summed E-state index contributed by atoms with van der Waals surface area (Å²) in [6.45, 7) is 0.764. The molecular formula is C15H27N3O. The van der Waals surface area contributed by atoms with E-state index < -0.39 is 0 Å². The summed E-state index contributed by atoms with van der Waals surface area (Å²) in [6, 6.07) is 3.24. The summed E-state index contributed by atoms with van der Waals surface area (Å²) < 4.78 is 7.39. The molecule has 1 aromatic heterocycles. The van der Waals surface area contributed by atoms with Gasteiger partial charge in [-0.25, -0.2) is 0 Å². The Morgan fingerprint density at radius 2 is 2.21 bits per heavy atom. The summed E-state index contributed by atoms with van der Waals surface area (Å²) in [5.41, 5.74) is 1.21. The summed E-state index contributed by atoms with van der Waals surface area (Å²) in [6.07, 6.45) is 11.0. The maximum atomic E-state index is 5.20. The summed E-state index contributed by atoms with van der Waals surface area (Å²) in [5.74, 6) is 0. The van der Waals surface area contributed by atoms with Crippen molar-refractivity contribution < 1.29 is 4.74 Å². The Balaban J connectivity index is 1.82. The molecule has 0 aromatic carbocycles. The van der Waals surface area contributed by atoms with Crippen molar-refractivity contribution in [2.75, 3.05) is 20.8 Å². The lowest BCUT2D eigenvalue weighted by Gasteiger charge is -2.21. The topological polar surface area (TPSA) is 39.1 Å². The highest BCUT2D eigenvalue weighted by Gasteiger charge is 2.16. The number of nitrogens with one attached hydrogen (secondary N) is 1. The quantitative estimate of drug-likeness (QED) is 0.823. The molecule has 1 aliphatic rings. The fourth-order valence-electron chi connectivity index (χ4n) is 2.89. The van der Waals surface area contributed by atoms with E-state index in [-0.39, 0.29) is 0 Å². The zero-order chi connectivity index (χ0) is 13.5. The van der Waals surface area contributed by atoms with E-state index in [1.165, 1.54) is 37.8 Å². The number of hydrogen-bond donors (Lipinski definition) is 1. The van der Waals surface area contributed by atoms with E-state index in [2.05, 4.69) is 22.3 Å². The van der Waals surface area contributed by atoms with E-state index in [0.29, 0.717) is 12.1 Å². The molecule has 1 fully saturated rings. The third kappa shape index (κ3) is 4.32. The summed E-state index contributed by atoms with van der Waals surface area (Å²) in [5, 5.41) is 8.03. The minimum absolute atomic E-state index is 0.421. The fourth-order valence-corrected chi connectivity index (χ4v) is 2.89. The Labute approximate surface area is 116 Å². The van der Waals surface area contributed by atoms with Crippen molar-refractivity contribution in [3.8, 4) is 0 Å². The molecular weight excluding hydrogens is 238 g/mol. The third-order valence-corrected chi connectivity index (χ3v) is 4.14. The Bertz CT molecular complexity index is 358. The molecule has 1 heterocycles. The van der Waals surface area contributed by atoms with Gasteiger partial charge < -0.3 is 10.1 Å². The monoisotopic (exact) mass is 265 g/mol. The summed E-state index contributed by atoms with van der Waals surface area (Å²) in [7, 11) is 3.74. The Morgan fingerprint density at radius 1 is 1.42 bits per heavy atom. The van der Waals surface area contributed by atoms with Gasteiger partial charge in [0, 0.05) is 19.3 Å². The molecule has 1 N–H and O–H groups in total. The number of hydrogen-bond acceptors (Lipinski definition) is 3. The molecule has 1 aliphatic carbocycles. The highest BCUT2D eigenvalue weighted by Crippen LogP contribution is 2.27. The van der Waals surface area contributed by atoms with E-state index in [1.807, 2.05) is 7.05 Å². The van der Waals surface area contributed by atoms with Crippen LogP contribution in [0.2, 0.25) is 0 Å². The van der Waals surface area contributed by atoms with Gasteiger partial charge in [0.25, 0.3) is 0 Å². The van der Waals surface area contributed by atoms with Crippen LogP contribution in [0.4, 0.5) is 0 Å². The molecule has 2 rings (SSSR count). The molecule has 1 saturated carbocycles. The van der Waals surface area contributed by atoms with Crippen LogP contribution in [0.3, 0.4) is 0 Å². The first-order chi connectivity index (χ1) is 9.33. The second-order valence-electron chi connectivity index (χ2n) is 5.56. The molecule has 0 radical (unpaired) electrons. The minimum Gasteiger partial charge on any atom is -0.383 e. The van der Waals surface area contributed by atoms with E-state index >= 15 is 0 Å². The van der Waals surface area contributed by atoms with Crippen LogP contribution in [0.5, 0.6) is 0 Å². The minimum atomic E-state index is 0.421. The maximum Gasteiger partial charge on any atom is 0.0625 e. The van der Waals surface area contributed by atoms with Crippen LogP contribution in [0.1, 0.15) is 50.3 Å². The predicted octanol–water partition coefficient (Wildman–Crippen LogP) is 2.56. The van der Waals surface area contributed by atoms with E-state index in [4.69, 9.17) is 9.84 Å². The highest BCUT2D eigenvalue weighted by molar-refractivity contribution is 5.00. The number of methoxy groups -OCH3 is 1. The van der Waals surface area contributed by atoms with Gasteiger partial charge in [0.2, 0.25) is 0 Å². The van der Waals surface area contributed by atoms with Crippen molar-refractivity contribution in [3.63, 3.8) is 0 Å². The SMILES string of the molecule is CNC(CCc1ccn(C2CCCCC2)n1)COC. The molecule has 0 saturated heterocycles. The van der Waals surface area contributed by atoms with Gasteiger partial charge in [-0.2, -0.15) is 5.10 Å². The van der Waals surface area contributed by atoms with Gasteiger partial charge in [0.15, 0.2) is 0 Å². The van der Waals surface area contributed by atoms with E-state index in [9.17, 15) is 0 Å². The Kier molecular flexibility index (Phi) is 5.86. The zero-order valence-corrected chi connectivity index (χ0v) is 12.3. The molecule has 4 nitrogen and oxygen atoms in total. The lowest BCUT2D eigenvalue weighted by molar-refractivity contribution is 0.166. The van der Waals surface area contributed by atoms with Crippen molar-refractivity contribution in [1.82, 2.24) is 15.1 Å². The maximum absolute atomic E-state index is 5.20. The number of nitrogens with zero attached hydrogens (tertiary/aromatic N) is 2. The Morgan fingerprint density at radius 3 is 2.89 bits per heavy atom. The molecule has 1 atom stereocenters. The van der Waals surface area contributed by atoms with Crippen molar-refractivity contribution in [1.29, 1.82) is 0 Å². The largest absolute Gasteiger partial charge is 0.383 e. The van der Waals surface area contributed by atoms with E-state index in [1.54, 1.807) is 7.11 Å². The van der Waals surface area contributed by atoms with Gasteiger partial charge in [-0.05, 0) is 38.8 Å². The van der Waals surface area contributed by atoms with Crippen LogP contribution >= 0.6 is 0 Å². The van der Waals surface area contributed by atoms with E-state index in [0.717, 1.165) is 19.4 Å². The molecule has 108 valence electrons. The lowest BCUT2D eigenvalue weighted by atomic mass is 9.96. The number of ether oxygens (including phenoxy) is 1. The van der Waals surface area contributed by atoms with Gasteiger partial charge in [-0.1, -0.05) is 19.3 Å². The standard InChI is InChI=1S/C15H27N3O/c1-16-14(12-19-2)9-8-13-10-11-18(17-13)15-6-4-3-5-7-15/h10-11,14-16H,3-9,12H2,1-2H3. The highest BCUT2D eigenvalue weighted by atomic mass is 16.5. The fraction of sp³-hybridized carbons (Fsp3) is 0.800. The Hall–Kier alpha value is -0.870. The zero-order valence-electron chi connectivity index (χ0n) is 12.3. The first-order valence-corrected chi connectivity index (χ1v) is 7.53. The number of rotatable bonds is 7. The number of likely N-dealkylation sites (N-methyl/N-ethyl adjacent to an activating group) is 1. The van der Waals surface area contributed by atoms with Crippen LogP contribution in [0.15, 0.2) is 12.3 Å². The molecule has 0 bridgehead atoms. The summed E-state index contributed by atoms with van der Waals surface area (Å²) >= 11 is 0. The molecule has 0 amide bonds. The van der Waals surface area contributed by atoms with Crippen LogP contribution < -0.4 is 5.32 Å². The molecule has 0 spiro atoms. The predicted molar refractivity (Wildman–Crippen MR) is 77.4 cm³/mol.